The molecule has 33 heavy (non-hydrogen) atoms. The molecule has 3 heteroatoms. The molecule has 0 atom stereocenters. The number of carboxylic acid groups (broad SMARTS) is 1. The van der Waals surface area contributed by atoms with Gasteiger partial charge in [0.15, 0.2) is 0 Å². The van der Waals surface area contributed by atoms with Crippen LogP contribution in [-0.4, -0.2) is 37.1 Å². The minimum absolute atomic E-state index is 0.226. The molecule has 0 aromatic heterocycles. The molecule has 0 aliphatic carbocycles. The predicted molar refractivity (Wildman–Crippen MR) is 145 cm³/mol. The van der Waals surface area contributed by atoms with E-state index in [0.717, 1.165) is 19.3 Å². The lowest BCUT2D eigenvalue weighted by Crippen LogP contribution is -2.46. The topological polar surface area (TPSA) is 40.1 Å². The molecular weight excluding hydrogens is 406 g/mol. The van der Waals surface area contributed by atoms with Gasteiger partial charge < -0.3 is 14.4 Å². The molecule has 0 spiro atoms. The zero-order valence-corrected chi connectivity index (χ0v) is 23.7. The van der Waals surface area contributed by atoms with E-state index in [1.807, 2.05) is 0 Å². The van der Waals surface area contributed by atoms with E-state index in [1.54, 1.807) is 0 Å². The molecule has 0 amide bonds. The van der Waals surface area contributed by atoms with Gasteiger partial charge in [0.05, 0.1) is 26.7 Å². The minimum Gasteiger partial charge on any atom is -0.550 e. The number of rotatable bonds is 24. The molecule has 3 nitrogen and oxygen atoms in total. The second-order valence-electron chi connectivity index (χ2n) is 10.6. The Hall–Kier alpha value is -0.570. The Bertz CT molecular complexity index is 347. The van der Waals surface area contributed by atoms with E-state index in [1.165, 1.54) is 133 Å². The van der Waals surface area contributed by atoms with Crippen LogP contribution in [0.15, 0.2) is 0 Å². The summed E-state index contributed by atoms with van der Waals surface area (Å²) in [4.78, 5) is 9.92. The Morgan fingerprint density at radius 3 is 1.03 bits per heavy atom. The summed E-state index contributed by atoms with van der Waals surface area (Å²) in [5.74, 6) is -0.920. The maximum atomic E-state index is 9.92. The predicted octanol–water partition coefficient (Wildman–Crippen LogP) is 8.44. The summed E-state index contributed by atoms with van der Waals surface area (Å²) in [6, 6.07) is 0. The number of hydrogen-bond acceptors (Lipinski definition) is 2. The van der Waals surface area contributed by atoms with Crippen molar-refractivity contribution in [3.8, 4) is 0 Å². The third-order valence-corrected chi connectivity index (χ3v) is 6.89. The average Bonchev–Trinajstić information content (AvgIpc) is 2.79. The van der Waals surface area contributed by atoms with E-state index in [0.29, 0.717) is 0 Å². The summed E-state index contributed by atoms with van der Waals surface area (Å²) < 4.78 is 1.35. The molecule has 0 N–H and O–H groups in total. The summed E-state index contributed by atoms with van der Waals surface area (Å²) in [6.07, 6.45) is 27.0. The fourth-order valence-electron chi connectivity index (χ4n) is 4.50. The number of aliphatic carboxylic acids is 1. The smallest absolute Gasteiger partial charge is 0.0784 e. The molecule has 0 aliphatic rings. The molecule has 0 unspecified atom stereocenters. The van der Waals surface area contributed by atoms with Crippen LogP contribution in [0.5, 0.6) is 0 Å². The van der Waals surface area contributed by atoms with Crippen molar-refractivity contribution in [1.29, 1.82) is 0 Å². The SMILES string of the molecule is CCCCCCCC(=O)[O-].CCCCCCC[N+](C)(CCCCCCC)CCCCCCC. The molecular formula is C30H63NO2. The van der Waals surface area contributed by atoms with Gasteiger partial charge in [-0.3, -0.25) is 0 Å². The average molecular weight is 470 g/mol. The first-order chi connectivity index (χ1) is 16.0. The Balaban J connectivity index is 0. The number of nitrogens with zero attached hydrogens (tertiary/aromatic N) is 1. The van der Waals surface area contributed by atoms with Crippen LogP contribution in [-0.2, 0) is 4.79 Å². The Morgan fingerprint density at radius 2 is 0.758 bits per heavy atom. The van der Waals surface area contributed by atoms with Crippen LogP contribution in [0.2, 0.25) is 0 Å². The summed E-state index contributed by atoms with van der Waals surface area (Å²) >= 11 is 0. The second-order valence-corrected chi connectivity index (χ2v) is 10.6. The van der Waals surface area contributed by atoms with Crippen molar-refractivity contribution in [2.24, 2.45) is 0 Å². The number of hydrogen-bond donors (Lipinski definition) is 0. The van der Waals surface area contributed by atoms with E-state index in [4.69, 9.17) is 0 Å². The molecule has 0 aromatic carbocycles. The van der Waals surface area contributed by atoms with Crippen LogP contribution in [0, 0.1) is 0 Å². The van der Waals surface area contributed by atoms with Crippen molar-refractivity contribution in [1.82, 2.24) is 0 Å². The van der Waals surface area contributed by atoms with Crippen LogP contribution >= 0.6 is 0 Å². The van der Waals surface area contributed by atoms with Crippen LogP contribution in [0.4, 0.5) is 0 Å². The fraction of sp³-hybridized carbons (Fsp3) is 0.967. The van der Waals surface area contributed by atoms with E-state index < -0.39 is 5.97 Å². The standard InChI is InChI=1S/C22H48N.C8H16O2/c1-5-8-11-14-17-20-23(4,21-18-15-12-9-6-2)22-19-16-13-10-7-3;1-2-3-4-5-6-7-8(9)10/h5-22H2,1-4H3;2-7H2,1H3,(H,9,10)/q+1;/p-1. The quantitative estimate of drug-likeness (QED) is 0.105. The number of carbonyl (C=O) groups is 1. The van der Waals surface area contributed by atoms with Crippen LogP contribution in [0.1, 0.15) is 163 Å². The van der Waals surface area contributed by atoms with E-state index in [-0.39, 0.29) is 6.42 Å². The highest BCUT2D eigenvalue weighted by atomic mass is 16.4. The molecule has 0 rings (SSSR count). The van der Waals surface area contributed by atoms with Gasteiger partial charge in [0.1, 0.15) is 0 Å². The first kappa shape index (κ1) is 34.6. The lowest BCUT2D eigenvalue weighted by atomic mass is 10.1. The Kier molecular flexibility index (Phi) is 29.0. The molecule has 0 aliphatic heterocycles. The van der Waals surface area contributed by atoms with Gasteiger partial charge in [-0.15, -0.1) is 0 Å². The Labute approximate surface area is 209 Å². The van der Waals surface area contributed by atoms with Gasteiger partial charge in [-0.2, -0.15) is 0 Å². The van der Waals surface area contributed by atoms with Crippen molar-refractivity contribution in [3.05, 3.63) is 0 Å². The maximum Gasteiger partial charge on any atom is 0.0784 e. The summed E-state index contributed by atoms with van der Waals surface area (Å²) in [6.45, 7) is 13.3. The normalized spacial score (nSPS) is 11.3. The third kappa shape index (κ3) is 29.4. The van der Waals surface area contributed by atoms with Gasteiger partial charge in [0, 0.05) is 5.97 Å². The monoisotopic (exact) mass is 469 g/mol. The van der Waals surface area contributed by atoms with E-state index in [2.05, 4.69) is 34.7 Å². The molecule has 0 saturated heterocycles. The van der Waals surface area contributed by atoms with Gasteiger partial charge in [0.2, 0.25) is 0 Å². The van der Waals surface area contributed by atoms with Gasteiger partial charge in [-0.05, 0) is 51.4 Å². The highest BCUT2D eigenvalue weighted by molar-refractivity contribution is 5.63. The van der Waals surface area contributed by atoms with Gasteiger partial charge in [-0.1, -0.05) is 111 Å². The fourth-order valence-corrected chi connectivity index (χ4v) is 4.50. The molecule has 0 saturated carbocycles. The third-order valence-electron chi connectivity index (χ3n) is 6.89. The summed E-state index contributed by atoms with van der Waals surface area (Å²) in [5, 5.41) is 9.92. The van der Waals surface area contributed by atoms with Gasteiger partial charge in [-0.25, -0.2) is 0 Å². The number of carboxylic acids is 1. The first-order valence-corrected chi connectivity index (χ1v) is 15.0. The van der Waals surface area contributed by atoms with Gasteiger partial charge in [0.25, 0.3) is 0 Å². The maximum absolute atomic E-state index is 9.92. The molecule has 0 heterocycles. The molecule has 0 bridgehead atoms. The van der Waals surface area contributed by atoms with E-state index in [9.17, 15) is 9.90 Å². The van der Waals surface area contributed by atoms with Crippen molar-refractivity contribution >= 4 is 5.97 Å². The largest absolute Gasteiger partial charge is 0.550 e. The summed E-state index contributed by atoms with van der Waals surface area (Å²) in [7, 11) is 2.54. The minimum atomic E-state index is -0.920. The van der Waals surface area contributed by atoms with Crippen molar-refractivity contribution in [2.45, 2.75) is 163 Å². The van der Waals surface area contributed by atoms with Gasteiger partial charge >= 0.3 is 0 Å². The van der Waals surface area contributed by atoms with Crippen molar-refractivity contribution in [3.63, 3.8) is 0 Å². The lowest BCUT2D eigenvalue weighted by Gasteiger charge is -2.35. The Morgan fingerprint density at radius 1 is 0.485 bits per heavy atom. The number of quaternary nitrogens is 1. The molecule has 200 valence electrons. The van der Waals surface area contributed by atoms with Crippen LogP contribution in [0.3, 0.4) is 0 Å². The lowest BCUT2D eigenvalue weighted by molar-refractivity contribution is -0.910. The highest BCUT2D eigenvalue weighted by Gasteiger charge is 2.20. The highest BCUT2D eigenvalue weighted by Crippen LogP contribution is 2.15. The number of carbonyl (C=O) groups excluding carboxylic acids is 1. The van der Waals surface area contributed by atoms with E-state index >= 15 is 0 Å². The number of unbranched alkanes of at least 4 members (excludes halogenated alkanes) is 16. The molecule has 0 radical (unpaired) electrons. The molecule has 0 fully saturated rings. The van der Waals surface area contributed by atoms with Crippen molar-refractivity contribution in [2.75, 3.05) is 26.7 Å². The van der Waals surface area contributed by atoms with Crippen molar-refractivity contribution < 1.29 is 14.4 Å². The zero-order valence-electron chi connectivity index (χ0n) is 23.7. The first-order valence-electron chi connectivity index (χ1n) is 15.0. The molecule has 0 aromatic rings. The van der Waals surface area contributed by atoms with Crippen LogP contribution in [0.25, 0.3) is 0 Å². The second kappa shape index (κ2) is 27.7. The van der Waals surface area contributed by atoms with Crippen LogP contribution < -0.4 is 5.11 Å². The summed E-state index contributed by atoms with van der Waals surface area (Å²) in [5.41, 5.74) is 0. The zero-order chi connectivity index (χ0) is 25.0.